The van der Waals surface area contributed by atoms with Crippen LogP contribution in [0.25, 0.3) is 22.0 Å². The summed E-state index contributed by atoms with van der Waals surface area (Å²) in [5.41, 5.74) is 3.19. The molecule has 0 bridgehead atoms. The molecule has 2 heterocycles. The van der Waals surface area contributed by atoms with E-state index in [0.29, 0.717) is 11.3 Å². The van der Waals surface area contributed by atoms with Crippen LogP contribution in [0, 0.1) is 12.7 Å². The first-order valence-corrected chi connectivity index (χ1v) is 8.86. The molecule has 4 rings (SSSR count). The third-order valence-corrected chi connectivity index (χ3v) is 4.97. The van der Waals surface area contributed by atoms with Crippen molar-refractivity contribution in [1.29, 1.82) is 0 Å². The Hall–Kier alpha value is -3.15. The van der Waals surface area contributed by atoms with Gasteiger partial charge in [0.15, 0.2) is 0 Å². The number of imidazole rings is 1. The minimum atomic E-state index is -0.429. The zero-order chi connectivity index (χ0) is 19.1. The number of fused-ring (bicyclic) bond motifs is 2. The maximum absolute atomic E-state index is 13.5. The summed E-state index contributed by atoms with van der Waals surface area (Å²) in [4.78, 5) is 17.1. The average molecular weight is 365 g/mol. The Labute approximate surface area is 155 Å². The molecule has 2 aromatic heterocycles. The van der Waals surface area contributed by atoms with Crippen molar-refractivity contribution in [2.45, 2.75) is 32.9 Å². The third-order valence-electron chi connectivity index (χ3n) is 4.97. The van der Waals surface area contributed by atoms with Gasteiger partial charge in [-0.05, 0) is 51.1 Å². The van der Waals surface area contributed by atoms with Crippen LogP contribution in [0.1, 0.15) is 37.3 Å². The van der Waals surface area contributed by atoms with E-state index in [1.54, 1.807) is 12.4 Å². The van der Waals surface area contributed by atoms with Crippen molar-refractivity contribution in [3.63, 3.8) is 0 Å². The molecule has 2 unspecified atom stereocenters. The van der Waals surface area contributed by atoms with Crippen molar-refractivity contribution in [3.8, 4) is 0 Å². The number of rotatable bonds is 4. The average Bonchev–Trinajstić information content (AvgIpc) is 3.23. The van der Waals surface area contributed by atoms with Crippen LogP contribution in [0.5, 0.6) is 0 Å². The van der Waals surface area contributed by atoms with E-state index in [-0.39, 0.29) is 17.8 Å². The lowest BCUT2D eigenvalue weighted by Crippen LogP contribution is -2.32. The van der Waals surface area contributed by atoms with Gasteiger partial charge in [-0.1, -0.05) is 12.1 Å². The molecule has 2 atom stereocenters. The van der Waals surface area contributed by atoms with Crippen LogP contribution >= 0.6 is 0 Å². The minimum absolute atomic E-state index is 0.142. The van der Waals surface area contributed by atoms with Crippen molar-refractivity contribution in [3.05, 3.63) is 65.9 Å². The number of nitrogens with zero attached hydrogens (tertiary/aromatic N) is 2. The van der Waals surface area contributed by atoms with Gasteiger partial charge in [0, 0.05) is 10.9 Å². The molecule has 0 saturated heterocycles. The van der Waals surface area contributed by atoms with Gasteiger partial charge in [-0.25, -0.2) is 9.37 Å². The van der Waals surface area contributed by atoms with Crippen molar-refractivity contribution in [1.82, 2.24) is 14.9 Å². The van der Waals surface area contributed by atoms with Crippen LogP contribution in [-0.4, -0.2) is 15.5 Å². The lowest BCUT2D eigenvalue weighted by atomic mass is 10.1. The van der Waals surface area contributed by atoms with Gasteiger partial charge < -0.3 is 14.3 Å². The van der Waals surface area contributed by atoms with Crippen molar-refractivity contribution < 1.29 is 13.6 Å². The number of nitrogens with one attached hydrogen (secondary N) is 1. The molecule has 0 aliphatic rings. The number of aromatic nitrogens is 2. The largest absolute Gasteiger partial charge is 0.459 e. The molecule has 0 aliphatic carbocycles. The molecule has 0 spiro atoms. The van der Waals surface area contributed by atoms with Crippen LogP contribution in [0.3, 0.4) is 0 Å². The molecule has 1 amide bonds. The monoisotopic (exact) mass is 365 g/mol. The highest BCUT2D eigenvalue weighted by Gasteiger charge is 2.23. The van der Waals surface area contributed by atoms with E-state index in [4.69, 9.17) is 4.42 Å². The van der Waals surface area contributed by atoms with E-state index in [1.807, 2.05) is 49.6 Å². The third kappa shape index (κ3) is 2.97. The highest BCUT2D eigenvalue weighted by molar-refractivity contribution is 5.85. The fourth-order valence-electron chi connectivity index (χ4n) is 3.44. The van der Waals surface area contributed by atoms with Crippen LogP contribution in [0.15, 0.2) is 53.2 Å². The molecule has 0 fully saturated rings. The molecule has 5 nitrogen and oxygen atoms in total. The number of carbonyl (C=O) groups is 1. The lowest BCUT2D eigenvalue weighted by Gasteiger charge is -2.18. The lowest BCUT2D eigenvalue weighted by molar-refractivity contribution is -0.124. The Morgan fingerprint density at radius 3 is 2.81 bits per heavy atom. The number of hydrogen-bond acceptors (Lipinski definition) is 3. The molecule has 138 valence electrons. The second kappa shape index (κ2) is 6.54. The highest BCUT2D eigenvalue weighted by atomic mass is 19.1. The number of furan rings is 1. The summed E-state index contributed by atoms with van der Waals surface area (Å²) in [5, 5.41) is 3.71. The van der Waals surface area contributed by atoms with E-state index in [0.717, 1.165) is 22.0 Å². The predicted octanol–water partition coefficient (Wildman–Crippen LogP) is 4.67. The number of carbonyl (C=O) groups excluding carboxylic acids is 1. The second-order valence-corrected chi connectivity index (χ2v) is 6.78. The Balaban J connectivity index is 1.58. The van der Waals surface area contributed by atoms with Crippen LogP contribution in [0.2, 0.25) is 0 Å². The number of benzene rings is 2. The molecule has 27 heavy (non-hydrogen) atoms. The van der Waals surface area contributed by atoms with Gasteiger partial charge in [0.1, 0.15) is 23.2 Å². The van der Waals surface area contributed by atoms with Crippen molar-refractivity contribution >= 4 is 27.9 Å². The fourth-order valence-corrected chi connectivity index (χ4v) is 3.44. The fraction of sp³-hybridized carbons (Fsp3) is 0.238. The van der Waals surface area contributed by atoms with Crippen molar-refractivity contribution in [2.75, 3.05) is 0 Å². The quantitative estimate of drug-likeness (QED) is 0.572. The summed E-state index contributed by atoms with van der Waals surface area (Å²) >= 11 is 0. The van der Waals surface area contributed by atoms with Gasteiger partial charge >= 0.3 is 0 Å². The van der Waals surface area contributed by atoms with Crippen LogP contribution < -0.4 is 5.32 Å². The van der Waals surface area contributed by atoms with Gasteiger partial charge in [-0.3, -0.25) is 4.79 Å². The van der Waals surface area contributed by atoms with Gasteiger partial charge in [-0.2, -0.15) is 0 Å². The zero-order valence-electron chi connectivity index (χ0n) is 15.4. The highest BCUT2D eigenvalue weighted by Crippen LogP contribution is 2.30. The van der Waals surface area contributed by atoms with Crippen LogP contribution in [-0.2, 0) is 4.79 Å². The van der Waals surface area contributed by atoms with Gasteiger partial charge in [-0.15, -0.1) is 0 Å². The second-order valence-electron chi connectivity index (χ2n) is 6.78. The van der Waals surface area contributed by atoms with E-state index in [2.05, 4.69) is 10.3 Å². The molecule has 4 aromatic rings. The first-order chi connectivity index (χ1) is 13.0. The van der Waals surface area contributed by atoms with E-state index < -0.39 is 6.04 Å². The SMILES string of the molecule is Cc1c(C(C)NC(=O)C(C)n2cnc3ccccc32)oc2ccc(F)cc12. The summed E-state index contributed by atoms with van der Waals surface area (Å²) in [6, 6.07) is 11.3. The summed E-state index contributed by atoms with van der Waals surface area (Å²) in [6.45, 7) is 5.56. The van der Waals surface area contributed by atoms with Crippen molar-refractivity contribution in [2.24, 2.45) is 0 Å². The maximum Gasteiger partial charge on any atom is 0.243 e. The summed E-state index contributed by atoms with van der Waals surface area (Å²) < 4.78 is 21.2. The summed E-state index contributed by atoms with van der Waals surface area (Å²) in [7, 11) is 0. The molecule has 6 heteroatoms. The normalized spacial score (nSPS) is 13.8. The Morgan fingerprint density at radius 1 is 1.22 bits per heavy atom. The number of para-hydroxylation sites is 2. The van der Waals surface area contributed by atoms with E-state index in [9.17, 15) is 9.18 Å². The summed E-state index contributed by atoms with van der Waals surface area (Å²) in [6.07, 6.45) is 1.68. The molecule has 0 aliphatic heterocycles. The Morgan fingerprint density at radius 2 is 2.00 bits per heavy atom. The Kier molecular flexibility index (Phi) is 4.18. The van der Waals surface area contributed by atoms with Gasteiger partial charge in [0.05, 0.1) is 23.4 Å². The first-order valence-electron chi connectivity index (χ1n) is 8.86. The first kappa shape index (κ1) is 17.3. The van der Waals surface area contributed by atoms with Crippen LogP contribution in [0.4, 0.5) is 4.39 Å². The Bertz CT molecular complexity index is 1140. The molecular weight excluding hydrogens is 345 g/mol. The maximum atomic E-state index is 13.5. The number of aryl methyl sites for hydroxylation is 1. The zero-order valence-corrected chi connectivity index (χ0v) is 15.4. The number of amides is 1. The predicted molar refractivity (Wildman–Crippen MR) is 102 cm³/mol. The topological polar surface area (TPSA) is 60.1 Å². The number of halogens is 1. The van der Waals surface area contributed by atoms with Gasteiger partial charge in [0.2, 0.25) is 5.91 Å². The standard InChI is InChI=1S/C21H20FN3O2/c1-12-16-10-15(22)8-9-19(16)27-20(12)13(2)24-21(26)14(3)25-11-23-17-6-4-5-7-18(17)25/h4-11,13-14H,1-3H3,(H,24,26). The van der Waals surface area contributed by atoms with E-state index in [1.165, 1.54) is 12.1 Å². The molecule has 0 saturated carbocycles. The smallest absolute Gasteiger partial charge is 0.243 e. The molecule has 0 radical (unpaired) electrons. The number of hydrogen-bond donors (Lipinski definition) is 1. The van der Waals surface area contributed by atoms with Gasteiger partial charge in [0.25, 0.3) is 0 Å². The van der Waals surface area contributed by atoms with E-state index >= 15 is 0 Å². The molecule has 1 N–H and O–H groups in total. The summed E-state index contributed by atoms with van der Waals surface area (Å²) in [5.74, 6) is 0.179. The minimum Gasteiger partial charge on any atom is -0.459 e. The molecule has 2 aromatic carbocycles. The molecular formula is C21H20FN3O2.